The summed E-state index contributed by atoms with van der Waals surface area (Å²) in [6.45, 7) is 4.96. The van der Waals surface area contributed by atoms with Crippen molar-refractivity contribution >= 4 is 27.8 Å². The standard InChI is InChI=1S/C15H20BrNO4/c1-4-9-15(3,14(19)20)17-13(18)10(2)21-12-7-5-11(16)6-8-12/h5-8,10H,4,9H2,1-3H3,(H,17,18)(H,19,20). The van der Waals surface area contributed by atoms with Crippen molar-refractivity contribution in [3.8, 4) is 5.75 Å². The number of hydrogen-bond acceptors (Lipinski definition) is 3. The molecule has 0 aromatic heterocycles. The zero-order valence-corrected chi connectivity index (χ0v) is 13.9. The van der Waals surface area contributed by atoms with Gasteiger partial charge in [-0.2, -0.15) is 0 Å². The van der Waals surface area contributed by atoms with Crippen molar-refractivity contribution < 1.29 is 19.4 Å². The van der Waals surface area contributed by atoms with E-state index in [1.807, 2.05) is 6.92 Å². The number of ether oxygens (including phenoxy) is 1. The monoisotopic (exact) mass is 357 g/mol. The summed E-state index contributed by atoms with van der Waals surface area (Å²) in [5.41, 5.74) is -1.27. The predicted molar refractivity (Wildman–Crippen MR) is 83.3 cm³/mol. The van der Waals surface area contributed by atoms with Crippen LogP contribution in [0.3, 0.4) is 0 Å². The SMILES string of the molecule is CCCC(C)(NC(=O)C(C)Oc1ccc(Br)cc1)C(=O)O. The molecular formula is C15H20BrNO4. The number of hydrogen-bond donors (Lipinski definition) is 2. The van der Waals surface area contributed by atoms with Gasteiger partial charge in [-0.15, -0.1) is 0 Å². The smallest absolute Gasteiger partial charge is 0.329 e. The number of carboxylic acids is 1. The van der Waals surface area contributed by atoms with Crippen molar-refractivity contribution in [3.63, 3.8) is 0 Å². The largest absolute Gasteiger partial charge is 0.481 e. The lowest BCUT2D eigenvalue weighted by Crippen LogP contribution is -2.55. The molecule has 116 valence electrons. The van der Waals surface area contributed by atoms with Crippen molar-refractivity contribution in [1.29, 1.82) is 0 Å². The molecule has 1 aromatic rings. The van der Waals surface area contributed by atoms with Gasteiger partial charge in [0.1, 0.15) is 11.3 Å². The van der Waals surface area contributed by atoms with Crippen molar-refractivity contribution in [2.24, 2.45) is 0 Å². The van der Waals surface area contributed by atoms with Gasteiger partial charge in [-0.1, -0.05) is 29.3 Å². The maximum atomic E-state index is 12.1. The third kappa shape index (κ3) is 5.04. The highest BCUT2D eigenvalue weighted by Crippen LogP contribution is 2.18. The average Bonchev–Trinajstić information content (AvgIpc) is 2.41. The summed E-state index contributed by atoms with van der Waals surface area (Å²) >= 11 is 3.31. The Kier molecular flexibility index (Phi) is 6.20. The van der Waals surface area contributed by atoms with Crippen molar-refractivity contribution in [1.82, 2.24) is 5.32 Å². The Morgan fingerprint density at radius 3 is 2.43 bits per heavy atom. The summed E-state index contributed by atoms with van der Waals surface area (Å²) in [6.07, 6.45) is 0.242. The van der Waals surface area contributed by atoms with Crippen LogP contribution in [0.2, 0.25) is 0 Å². The van der Waals surface area contributed by atoms with Gasteiger partial charge < -0.3 is 15.2 Å². The number of carbonyl (C=O) groups excluding carboxylic acids is 1. The molecule has 0 bridgehead atoms. The number of carboxylic acid groups (broad SMARTS) is 1. The molecule has 21 heavy (non-hydrogen) atoms. The predicted octanol–water partition coefficient (Wildman–Crippen LogP) is 2.98. The van der Waals surface area contributed by atoms with Gasteiger partial charge in [0.25, 0.3) is 5.91 Å². The molecule has 0 aliphatic rings. The lowest BCUT2D eigenvalue weighted by molar-refractivity contribution is -0.148. The van der Waals surface area contributed by atoms with Gasteiger partial charge >= 0.3 is 5.97 Å². The molecule has 1 aromatic carbocycles. The van der Waals surface area contributed by atoms with Crippen molar-refractivity contribution in [2.45, 2.75) is 45.3 Å². The number of halogens is 1. The molecule has 5 nitrogen and oxygen atoms in total. The molecule has 0 fully saturated rings. The second-order valence-corrected chi connectivity index (χ2v) is 6.01. The zero-order chi connectivity index (χ0) is 16.0. The summed E-state index contributed by atoms with van der Waals surface area (Å²) < 4.78 is 6.42. The van der Waals surface area contributed by atoms with E-state index in [0.29, 0.717) is 18.6 Å². The highest BCUT2D eigenvalue weighted by molar-refractivity contribution is 9.10. The number of nitrogens with one attached hydrogen (secondary N) is 1. The van der Waals surface area contributed by atoms with Crippen LogP contribution in [0.4, 0.5) is 0 Å². The summed E-state index contributed by atoms with van der Waals surface area (Å²) in [7, 11) is 0. The molecule has 0 radical (unpaired) electrons. The van der Waals surface area contributed by atoms with Crippen molar-refractivity contribution in [2.75, 3.05) is 0 Å². The summed E-state index contributed by atoms with van der Waals surface area (Å²) in [4.78, 5) is 23.4. The third-order valence-electron chi connectivity index (χ3n) is 3.12. The molecule has 0 saturated carbocycles. The Balaban J connectivity index is 2.69. The second kappa shape index (κ2) is 7.45. The van der Waals surface area contributed by atoms with Crippen LogP contribution in [0.15, 0.2) is 28.7 Å². The fraction of sp³-hybridized carbons (Fsp3) is 0.467. The van der Waals surface area contributed by atoms with Gasteiger partial charge in [-0.25, -0.2) is 4.79 Å². The number of rotatable bonds is 7. The van der Waals surface area contributed by atoms with E-state index >= 15 is 0 Å². The van der Waals surface area contributed by atoms with Crippen molar-refractivity contribution in [3.05, 3.63) is 28.7 Å². The fourth-order valence-corrected chi connectivity index (χ4v) is 2.13. The zero-order valence-electron chi connectivity index (χ0n) is 12.4. The van der Waals surface area contributed by atoms with Crippen LogP contribution in [-0.2, 0) is 9.59 Å². The number of amides is 1. The van der Waals surface area contributed by atoms with Crippen LogP contribution in [0.5, 0.6) is 5.75 Å². The topological polar surface area (TPSA) is 75.6 Å². The van der Waals surface area contributed by atoms with Crippen LogP contribution in [0, 0.1) is 0 Å². The third-order valence-corrected chi connectivity index (χ3v) is 3.65. The van der Waals surface area contributed by atoms with Gasteiger partial charge in [-0.3, -0.25) is 4.79 Å². The minimum Gasteiger partial charge on any atom is -0.481 e. The van der Waals surface area contributed by atoms with E-state index in [2.05, 4.69) is 21.2 Å². The molecular weight excluding hydrogens is 338 g/mol. The number of aliphatic carboxylic acids is 1. The lowest BCUT2D eigenvalue weighted by atomic mass is 9.96. The van der Waals surface area contributed by atoms with E-state index in [-0.39, 0.29) is 0 Å². The lowest BCUT2D eigenvalue weighted by Gasteiger charge is -2.27. The first kappa shape index (κ1) is 17.5. The Hall–Kier alpha value is -1.56. The van der Waals surface area contributed by atoms with Crippen LogP contribution in [-0.4, -0.2) is 28.6 Å². The summed E-state index contributed by atoms with van der Waals surface area (Å²) in [5.74, 6) is -0.946. The average molecular weight is 358 g/mol. The fourth-order valence-electron chi connectivity index (χ4n) is 1.87. The molecule has 2 N–H and O–H groups in total. The summed E-state index contributed by atoms with van der Waals surface area (Å²) in [6, 6.07) is 7.07. The van der Waals surface area contributed by atoms with Crippen LogP contribution in [0.25, 0.3) is 0 Å². The minimum absolute atomic E-state index is 0.360. The van der Waals surface area contributed by atoms with Gasteiger partial charge in [0.05, 0.1) is 0 Å². The Labute approximate surface area is 132 Å². The molecule has 2 unspecified atom stereocenters. The molecule has 0 spiro atoms. The van der Waals surface area contributed by atoms with E-state index in [4.69, 9.17) is 4.74 Å². The van der Waals surface area contributed by atoms with Gasteiger partial charge in [0.2, 0.25) is 0 Å². The highest BCUT2D eigenvalue weighted by atomic mass is 79.9. The molecule has 0 heterocycles. The van der Waals surface area contributed by atoms with Crippen LogP contribution in [0.1, 0.15) is 33.6 Å². The first-order chi connectivity index (χ1) is 9.78. The maximum Gasteiger partial charge on any atom is 0.329 e. The molecule has 1 rings (SSSR count). The van der Waals surface area contributed by atoms with E-state index in [1.54, 1.807) is 31.2 Å². The molecule has 0 aliphatic carbocycles. The number of carbonyl (C=O) groups is 2. The van der Waals surface area contributed by atoms with E-state index in [9.17, 15) is 14.7 Å². The molecule has 2 atom stereocenters. The maximum absolute atomic E-state index is 12.1. The molecule has 1 amide bonds. The molecule has 0 aliphatic heterocycles. The number of benzene rings is 1. The van der Waals surface area contributed by atoms with E-state index in [1.165, 1.54) is 6.92 Å². The van der Waals surface area contributed by atoms with Crippen LogP contribution >= 0.6 is 15.9 Å². The normalized spacial score (nSPS) is 14.9. The quantitative estimate of drug-likeness (QED) is 0.786. The van der Waals surface area contributed by atoms with E-state index in [0.717, 1.165) is 4.47 Å². The van der Waals surface area contributed by atoms with Crippen LogP contribution < -0.4 is 10.1 Å². The Morgan fingerprint density at radius 1 is 1.38 bits per heavy atom. The van der Waals surface area contributed by atoms with Gasteiger partial charge in [-0.05, 0) is 44.5 Å². The van der Waals surface area contributed by atoms with Gasteiger partial charge in [0, 0.05) is 4.47 Å². The highest BCUT2D eigenvalue weighted by Gasteiger charge is 2.35. The minimum atomic E-state index is -1.27. The van der Waals surface area contributed by atoms with E-state index < -0.39 is 23.5 Å². The first-order valence-electron chi connectivity index (χ1n) is 6.76. The first-order valence-corrected chi connectivity index (χ1v) is 7.55. The molecule has 6 heteroatoms. The summed E-state index contributed by atoms with van der Waals surface area (Å²) in [5, 5.41) is 11.8. The second-order valence-electron chi connectivity index (χ2n) is 5.09. The Bertz CT molecular complexity index is 503. The Morgan fingerprint density at radius 2 is 1.95 bits per heavy atom. The molecule has 0 saturated heterocycles. The van der Waals surface area contributed by atoms with Gasteiger partial charge in [0.15, 0.2) is 6.10 Å².